The van der Waals surface area contributed by atoms with Crippen molar-refractivity contribution in [3.63, 3.8) is 0 Å². The van der Waals surface area contributed by atoms with E-state index in [2.05, 4.69) is 235 Å². The number of fused-ring (bicyclic) bond motifs is 10. The largest absolute Gasteiger partial charge is 0.310 e. The van der Waals surface area contributed by atoms with Crippen LogP contribution in [0.4, 0.5) is 17.1 Å². The summed E-state index contributed by atoms with van der Waals surface area (Å²) >= 11 is 0. The van der Waals surface area contributed by atoms with Crippen LogP contribution in [0.3, 0.4) is 0 Å². The Morgan fingerprint density at radius 3 is 1.37 bits per heavy atom. The first kappa shape index (κ1) is 35.0. The maximum atomic E-state index is 2.52. The number of hydrogen-bond donors (Lipinski definition) is 0. The summed E-state index contributed by atoms with van der Waals surface area (Å²) in [5.74, 6) is 0.183. The van der Waals surface area contributed by atoms with Crippen LogP contribution in [0.2, 0.25) is 0 Å². The van der Waals surface area contributed by atoms with E-state index in [0.717, 1.165) is 29.9 Å². The molecule has 1 heteroatoms. The van der Waals surface area contributed by atoms with E-state index < -0.39 is 5.41 Å². The van der Waals surface area contributed by atoms with Crippen molar-refractivity contribution in [1.29, 1.82) is 0 Å². The second-order valence-electron chi connectivity index (χ2n) is 16.0. The van der Waals surface area contributed by atoms with Gasteiger partial charge in [-0.3, -0.25) is 0 Å². The van der Waals surface area contributed by atoms with Gasteiger partial charge in [0.15, 0.2) is 0 Å². The molecule has 2 aliphatic carbocycles. The van der Waals surface area contributed by atoms with E-state index in [4.69, 9.17) is 0 Å². The molecule has 0 radical (unpaired) electrons. The van der Waals surface area contributed by atoms with Crippen LogP contribution in [0.5, 0.6) is 0 Å². The maximum Gasteiger partial charge on any atom is 0.0725 e. The molecule has 0 saturated heterocycles. The summed E-state index contributed by atoms with van der Waals surface area (Å²) in [4.78, 5) is 2.42. The van der Waals surface area contributed by atoms with Crippen LogP contribution in [0.25, 0.3) is 33.4 Å². The van der Waals surface area contributed by atoms with Crippen molar-refractivity contribution in [3.8, 4) is 33.4 Å². The number of nitrogens with zero attached hydrogens (tertiary/aromatic N) is 1. The molecule has 1 spiro atoms. The van der Waals surface area contributed by atoms with Crippen molar-refractivity contribution in [2.45, 2.75) is 24.2 Å². The Bertz CT molecular complexity index is 2830. The lowest BCUT2D eigenvalue weighted by Crippen LogP contribution is -2.25. The quantitative estimate of drug-likeness (QED) is 0.142. The predicted octanol–water partition coefficient (Wildman–Crippen LogP) is 14.9. The van der Waals surface area contributed by atoms with Gasteiger partial charge in [0.1, 0.15) is 0 Å². The van der Waals surface area contributed by atoms with Gasteiger partial charge in [0.25, 0.3) is 0 Å². The monoisotopic (exact) mass is 753 g/mol. The number of aryl methyl sites for hydroxylation is 1. The summed E-state index contributed by atoms with van der Waals surface area (Å²) in [7, 11) is 0. The minimum absolute atomic E-state index is 0.183. The van der Waals surface area contributed by atoms with Gasteiger partial charge in [0, 0.05) is 23.0 Å². The molecule has 280 valence electrons. The SMILES string of the molecule is c1ccc(CCC(c2ccccc2)c2cc(-c3ccc4c(c3)C3(c5ccccc5-c5ccccc53)c3ccccc3-4)cc(N(c3ccccc3)c3ccccc3)c2)cc1. The van der Waals surface area contributed by atoms with Gasteiger partial charge in [0.2, 0.25) is 0 Å². The van der Waals surface area contributed by atoms with Crippen molar-refractivity contribution in [2.24, 2.45) is 0 Å². The lowest BCUT2D eigenvalue weighted by Gasteiger charge is -2.31. The average Bonchev–Trinajstić information content (AvgIpc) is 3.78. The molecule has 0 amide bonds. The number of para-hydroxylation sites is 2. The average molecular weight is 754 g/mol. The van der Waals surface area contributed by atoms with Crippen molar-refractivity contribution >= 4 is 17.1 Å². The first-order valence-electron chi connectivity index (χ1n) is 20.9. The highest BCUT2D eigenvalue weighted by molar-refractivity contribution is 5.96. The molecule has 9 aromatic carbocycles. The Labute approximate surface area is 347 Å². The van der Waals surface area contributed by atoms with Crippen molar-refractivity contribution < 1.29 is 0 Å². The summed E-state index contributed by atoms with van der Waals surface area (Å²) in [6.07, 6.45) is 1.98. The molecule has 11 rings (SSSR count). The molecule has 0 saturated carbocycles. The van der Waals surface area contributed by atoms with Gasteiger partial charge in [-0.2, -0.15) is 0 Å². The Hall–Kier alpha value is -7.22. The molecular weight excluding hydrogens is 711 g/mol. The molecule has 2 aliphatic rings. The molecule has 0 aromatic heterocycles. The number of rotatable bonds is 9. The van der Waals surface area contributed by atoms with Gasteiger partial charge < -0.3 is 4.90 Å². The Morgan fingerprint density at radius 2 is 0.814 bits per heavy atom. The summed E-state index contributed by atoms with van der Waals surface area (Å²) in [5.41, 5.74) is 20.2. The number of anilines is 3. The van der Waals surface area contributed by atoms with Crippen LogP contribution in [0.1, 0.15) is 51.3 Å². The lowest BCUT2D eigenvalue weighted by molar-refractivity contribution is 0.715. The fourth-order valence-corrected chi connectivity index (χ4v) is 10.2. The topological polar surface area (TPSA) is 3.24 Å². The molecule has 0 fully saturated rings. The highest BCUT2D eigenvalue weighted by atomic mass is 15.1. The molecule has 9 aromatic rings. The van der Waals surface area contributed by atoms with Crippen LogP contribution >= 0.6 is 0 Å². The molecule has 0 bridgehead atoms. The van der Waals surface area contributed by atoms with Gasteiger partial charge in [-0.15, -0.1) is 0 Å². The zero-order valence-corrected chi connectivity index (χ0v) is 32.9. The first-order chi connectivity index (χ1) is 29.3. The molecular formula is C58H43N. The second kappa shape index (κ2) is 14.6. The fraction of sp³-hybridized carbons (Fsp3) is 0.0690. The zero-order chi connectivity index (χ0) is 39.2. The van der Waals surface area contributed by atoms with Crippen molar-refractivity contribution in [2.75, 3.05) is 4.90 Å². The van der Waals surface area contributed by atoms with E-state index in [1.165, 1.54) is 72.3 Å². The van der Waals surface area contributed by atoms with E-state index in [-0.39, 0.29) is 5.92 Å². The normalized spacial score (nSPS) is 13.3. The van der Waals surface area contributed by atoms with Crippen molar-refractivity contribution in [1.82, 2.24) is 0 Å². The van der Waals surface area contributed by atoms with Gasteiger partial charge in [-0.1, -0.05) is 188 Å². The van der Waals surface area contributed by atoms with Gasteiger partial charge in [-0.25, -0.2) is 0 Å². The van der Waals surface area contributed by atoms with Crippen LogP contribution in [-0.2, 0) is 11.8 Å². The van der Waals surface area contributed by atoms with Crippen LogP contribution < -0.4 is 4.90 Å². The highest BCUT2D eigenvalue weighted by Gasteiger charge is 2.51. The molecule has 1 unspecified atom stereocenters. The first-order valence-corrected chi connectivity index (χ1v) is 20.9. The standard InChI is InChI=1S/C58H43N/c1-5-19-41(20-6-1)33-35-49(42-21-7-2-8-22-42)45-37-44(38-48(39-45)59(46-23-9-3-10-24-46)47-25-11-4-12-26-47)43-34-36-53-52-29-15-18-32-56(52)58(57(53)40-43)54-30-16-13-27-50(54)51-28-14-17-31-55(51)58/h1-32,34,36-40,49H,33,35H2. The fourth-order valence-electron chi connectivity index (χ4n) is 10.2. The highest BCUT2D eigenvalue weighted by Crippen LogP contribution is 2.63. The van der Waals surface area contributed by atoms with E-state index in [1.807, 2.05) is 0 Å². The number of benzene rings is 9. The molecule has 59 heavy (non-hydrogen) atoms. The lowest BCUT2D eigenvalue weighted by atomic mass is 9.70. The minimum atomic E-state index is -0.405. The molecule has 0 heterocycles. The smallest absolute Gasteiger partial charge is 0.0725 e. The summed E-state index contributed by atoms with van der Waals surface area (Å²) in [6.45, 7) is 0. The Morgan fingerprint density at radius 1 is 0.339 bits per heavy atom. The van der Waals surface area contributed by atoms with E-state index >= 15 is 0 Å². The third kappa shape index (κ3) is 5.84. The van der Waals surface area contributed by atoms with E-state index in [0.29, 0.717) is 0 Å². The maximum absolute atomic E-state index is 2.52. The molecule has 0 aliphatic heterocycles. The predicted molar refractivity (Wildman–Crippen MR) is 246 cm³/mol. The number of hydrogen-bond acceptors (Lipinski definition) is 1. The van der Waals surface area contributed by atoms with Crippen LogP contribution in [0, 0.1) is 0 Å². The summed E-state index contributed by atoms with van der Waals surface area (Å²) < 4.78 is 0. The van der Waals surface area contributed by atoms with Crippen molar-refractivity contribution in [3.05, 3.63) is 269 Å². The van der Waals surface area contributed by atoms with E-state index in [1.54, 1.807) is 0 Å². The third-order valence-corrected chi connectivity index (χ3v) is 12.7. The Kier molecular flexibility index (Phi) is 8.67. The van der Waals surface area contributed by atoms with Gasteiger partial charge in [0.05, 0.1) is 5.41 Å². The van der Waals surface area contributed by atoms with Crippen LogP contribution in [0.15, 0.2) is 231 Å². The van der Waals surface area contributed by atoms with E-state index in [9.17, 15) is 0 Å². The molecule has 1 atom stereocenters. The second-order valence-corrected chi connectivity index (χ2v) is 16.0. The van der Waals surface area contributed by atoms with Crippen LogP contribution in [-0.4, -0.2) is 0 Å². The van der Waals surface area contributed by atoms with Gasteiger partial charge >= 0.3 is 0 Å². The summed E-state index contributed by atoms with van der Waals surface area (Å²) in [6, 6.07) is 85.5. The van der Waals surface area contributed by atoms with Gasteiger partial charge in [-0.05, 0) is 128 Å². The molecule has 1 nitrogen and oxygen atoms in total. The summed E-state index contributed by atoms with van der Waals surface area (Å²) in [5, 5.41) is 0. The minimum Gasteiger partial charge on any atom is -0.310 e. The molecule has 0 N–H and O–H groups in total. The Balaban J connectivity index is 1.15. The zero-order valence-electron chi connectivity index (χ0n) is 32.9. The third-order valence-electron chi connectivity index (χ3n) is 12.7.